The van der Waals surface area contributed by atoms with E-state index in [-0.39, 0.29) is 0 Å². The second kappa shape index (κ2) is 5.58. The van der Waals surface area contributed by atoms with E-state index >= 15 is 0 Å². The van der Waals surface area contributed by atoms with Gasteiger partial charge in [-0.2, -0.15) is 5.10 Å². The van der Waals surface area contributed by atoms with Crippen LogP contribution in [0.4, 0.5) is 0 Å². The molecule has 1 aromatic heterocycles. The smallest absolute Gasteiger partial charge is 0.141 e. The summed E-state index contributed by atoms with van der Waals surface area (Å²) < 4.78 is 8.01. The number of nitrogens with zero attached hydrogens (tertiary/aromatic N) is 4. The molecule has 0 radical (unpaired) electrons. The lowest BCUT2D eigenvalue weighted by atomic mass is 10.2. The molecule has 6 heteroatoms. The lowest BCUT2D eigenvalue weighted by Gasteiger charge is -2.06. The summed E-state index contributed by atoms with van der Waals surface area (Å²) in [5.41, 5.74) is 0.898. The van der Waals surface area contributed by atoms with Crippen LogP contribution in [-0.2, 0) is 0 Å². The van der Waals surface area contributed by atoms with Crippen molar-refractivity contribution >= 4 is 22.1 Å². The Morgan fingerprint density at radius 3 is 2.88 bits per heavy atom. The Kier molecular flexibility index (Phi) is 3.87. The third kappa shape index (κ3) is 3.13. The molecule has 0 saturated heterocycles. The molecule has 2 rings (SSSR count). The molecule has 0 aliphatic carbocycles. The number of aromatic nitrogens is 3. The fraction of sp³-hybridized carbons (Fsp3) is 0.182. The third-order valence-corrected chi connectivity index (χ3v) is 2.50. The number of hydrogen-bond donors (Lipinski definition) is 0. The maximum atomic E-state index is 5.51. The molecule has 88 valence electrons. The predicted molar refractivity (Wildman–Crippen MR) is 68.3 cm³/mol. The largest absolute Gasteiger partial charge is 0.493 e. The van der Waals surface area contributed by atoms with Gasteiger partial charge in [0.1, 0.15) is 18.4 Å². The number of hydrogen-bond acceptors (Lipinski definition) is 4. The highest BCUT2D eigenvalue weighted by Crippen LogP contribution is 2.21. The van der Waals surface area contributed by atoms with Gasteiger partial charge >= 0.3 is 0 Å². The summed E-state index contributed by atoms with van der Waals surface area (Å²) in [6.45, 7) is 2.57. The van der Waals surface area contributed by atoms with Crippen LogP contribution in [-0.4, -0.2) is 27.7 Å². The first-order valence-electron chi connectivity index (χ1n) is 5.11. The highest BCUT2D eigenvalue weighted by atomic mass is 79.9. The Balaban J connectivity index is 2.27. The number of ether oxygens (including phenoxy) is 1. The van der Waals surface area contributed by atoms with Crippen molar-refractivity contribution in [3.05, 3.63) is 40.9 Å². The lowest BCUT2D eigenvalue weighted by molar-refractivity contribution is 0.339. The van der Waals surface area contributed by atoms with E-state index in [0.717, 1.165) is 15.8 Å². The summed E-state index contributed by atoms with van der Waals surface area (Å²) in [5.74, 6) is 0.799. The van der Waals surface area contributed by atoms with Crippen molar-refractivity contribution in [3.8, 4) is 5.75 Å². The van der Waals surface area contributed by atoms with Gasteiger partial charge in [-0.1, -0.05) is 15.9 Å². The molecule has 0 fully saturated rings. The molecule has 1 aromatic carbocycles. The summed E-state index contributed by atoms with van der Waals surface area (Å²) in [7, 11) is 0. The molecule has 0 unspecified atom stereocenters. The average Bonchev–Trinajstić information content (AvgIpc) is 2.82. The fourth-order valence-corrected chi connectivity index (χ4v) is 1.67. The summed E-state index contributed by atoms with van der Waals surface area (Å²) in [6, 6.07) is 5.78. The van der Waals surface area contributed by atoms with Crippen LogP contribution in [0.3, 0.4) is 0 Å². The Hall–Kier alpha value is -1.69. The first-order valence-corrected chi connectivity index (χ1v) is 5.90. The standard InChI is InChI=1S/C11H11BrN4O/c1-2-17-11-4-3-10(12)5-9(11)6-15-16-7-13-14-8-16/h3-8H,2H2,1H3/b15-6-. The molecular weight excluding hydrogens is 284 g/mol. The van der Waals surface area contributed by atoms with Crippen molar-refractivity contribution in [2.75, 3.05) is 6.61 Å². The van der Waals surface area contributed by atoms with Gasteiger partial charge in [0.2, 0.25) is 0 Å². The highest BCUT2D eigenvalue weighted by Gasteiger charge is 2.01. The number of rotatable bonds is 4. The Labute approximate surface area is 107 Å². The van der Waals surface area contributed by atoms with Crippen LogP contribution < -0.4 is 4.74 Å². The fourth-order valence-electron chi connectivity index (χ4n) is 1.29. The van der Waals surface area contributed by atoms with Crippen molar-refractivity contribution in [2.24, 2.45) is 5.10 Å². The molecule has 0 atom stereocenters. The van der Waals surface area contributed by atoms with Gasteiger partial charge in [-0.3, -0.25) is 0 Å². The minimum Gasteiger partial charge on any atom is -0.493 e. The van der Waals surface area contributed by atoms with E-state index in [4.69, 9.17) is 4.74 Å². The molecule has 0 spiro atoms. The van der Waals surface area contributed by atoms with E-state index in [0.29, 0.717) is 6.61 Å². The maximum absolute atomic E-state index is 5.51. The van der Waals surface area contributed by atoms with Crippen molar-refractivity contribution in [1.82, 2.24) is 14.9 Å². The molecule has 0 bridgehead atoms. The van der Waals surface area contributed by atoms with Crippen LogP contribution in [0.2, 0.25) is 0 Å². The zero-order valence-corrected chi connectivity index (χ0v) is 10.8. The van der Waals surface area contributed by atoms with E-state index in [1.165, 1.54) is 17.3 Å². The van der Waals surface area contributed by atoms with Crippen molar-refractivity contribution < 1.29 is 4.74 Å². The molecule has 17 heavy (non-hydrogen) atoms. The summed E-state index contributed by atoms with van der Waals surface area (Å²) in [4.78, 5) is 0. The molecule has 0 amide bonds. The number of benzene rings is 1. The zero-order valence-electron chi connectivity index (χ0n) is 9.25. The van der Waals surface area contributed by atoms with Gasteiger partial charge in [0.15, 0.2) is 0 Å². The molecule has 0 aliphatic rings. The number of halogens is 1. The van der Waals surface area contributed by atoms with Crippen LogP contribution in [0.25, 0.3) is 0 Å². The molecule has 0 saturated carbocycles. The Bertz CT molecular complexity index is 510. The molecule has 2 aromatic rings. The highest BCUT2D eigenvalue weighted by molar-refractivity contribution is 9.10. The monoisotopic (exact) mass is 294 g/mol. The van der Waals surface area contributed by atoms with E-state index < -0.39 is 0 Å². The van der Waals surface area contributed by atoms with Gasteiger partial charge in [-0.25, -0.2) is 4.68 Å². The van der Waals surface area contributed by atoms with Crippen LogP contribution in [0.1, 0.15) is 12.5 Å². The minimum absolute atomic E-state index is 0.620. The SMILES string of the molecule is CCOc1ccc(Br)cc1/C=N\n1cnnc1. The van der Waals surface area contributed by atoms with Gasteiger partial charge in [-0.05, 0) is 25.1 Å². The van der Waals surface area contributed by atoms with Crippen LogP contribution in [0.5, 0.6) is 5.75 Å². The van der Waals surface area contributed by atoms with Crippen molar-refractivity contribution in [3.63, 3.8) is 0 Å². The van der Waals surface area contributed by atoms with E-state index in [9.17, 15) is 0 Å². The molecule has 0 N–H and O–H groups in total. The minimum atomic E-state index is 0.620. The van der Waals surface area contributed by atoms with Gasteiger partial charge in [0, 0.05) is 10.0 Å². The van der Waals surface area contributed by atoms with Crippen LogP contribution in [0.15, 0.2) is 40.4 Å². The summed E-state index contributed by atoms with van der Waals surface area (Å²) in [5, 5.41) is 11.5. The van der Waals surface area contributed by atoms with Crippen LogP contribution >= 0.6 is 15.9 Å². The van der Waals surface area contributed by atoms with Crippen LogP contribution in [0, 0.1) is 0 Å². The maximum Gasteiger partial charge on any atom is 0.141 e. The van der Waals surface area contributed by atoms with E-state index in [1.807, 2.05) is 25.1 Å². The third-order valence-electron chi connectivity index (χ3n) is 2.01. The van der Waals surface area contributed by atoms with Gasteiger partial charge in [-0.15, -0.1) is 10.2 Å². The molecular formula is C11H11BrN4O. The van der Waals surface area contributed by atoms with Crippen molar-refractivity contribution in [2.45, 2.75) is 6.92 Å². The van der Waals surface area contributed by atoms with Gasteiger partial charge < -0.3 is 4.74 Å². The molecule has 5 nitrogen and oxygen atoms in total. The van der Waals surface area contributed by atoms with Gasteiger partial charge in [0.05, 0.1) is 12.8 Å². The first kappa shape index (κ1) is 11.8. The average molecular weight is 295 g/mol. The van der Waals surface area contributed by atoms with Gasteiger partial charge in [0.25, 0.3) is 0 Å². The quantitative estimate of drug-likeness (QED) is 0.813. The Morgan fingerprint density at radius 2 is 2.18 bits per heavy atom. The molecule has 1 heterocycles. The lowest BCUT2D eigenvalue weighted by Crippen LogP contribution is -1.97. The van der Waals surface area contributed by atoms with Crippen molar-refractivity contribution in [1.29, 1.82) is 0 Å². The second-order valence-corrected chi connectivity index (χ2v) is 4.12. The Morgan fingerprint density at radius 1 is 1.41 bits per heavy atom. The molecule has 0 aliphatic heterocycles. The zero-order chi connectivity index (χ0) is 12.1. The first-order chi connectivity index (χ1) is 8.29. The second-order valence-electron chi connectivity index (χ2n) is 3.20. The predicted octanol–water partition coefficient (Wildman–Crippen LogP) is 2.32. The summed E-state index contributed by atoms with van der Waals surface area (Å²) >= 11 is 3.42. The summed E-state index contributed by atoms with van der Waals surface area (Å²) in [6.07, 6.45) is 4.75. The van der Waals surface area contributed by atoms with E-state index in [2.05, 4.69) is 31.2 Å². The normalized spacial score (nSPS) is 10.9. The topological polar surface area (TPSA) is 52.3 Å². The van der Waals surface area contributed by atoms with E-state index in [1.54, 1.807) is 6.21 Å².